The van der Waals surface area contributed by atoms with Gasteiger partial charge in [-0.2, -0.15) is 5.26 Å². The summed E-state index contributed by atoms with van der Waals surface area (Å²) in [5.41, 5.74) is 0. The van der Waals surface area contributed by atoms with Crippen LogP contribution in [0.4, 0.5) is 4.79 Å². The van der Waals surface area contributed by atoms with Crippen molar-refractivity contribution in [3.8, 4) is 6.07 Å². The number of carbonyl (C=O) groups is 2. The molecule has 0 aromatic rings. The molecule has 6 heteroatoms. The third-order valence-electron chi connectivity index (χ3n) is 1.84. The number of rotatable bonds is 5. The molecule has 0 heterocycles. The van der Waals surface area contributed by atoms with E-state index in [0.717, 1.165) is 4.90 Å². The Kier molecular flexibility index (Phi) is 5.86. The van der Waals surface area contributed by atoms with Crippen LogP contribution in [0.25, 0.3) is 0 Å². The van der Waals surface area contributed by atoms with Gasteiger partial charge in [0.1, 0.15) is 6.54 Å². The van der Waals surface area contributed by atoms with Crippen molar-refractivity contribution in [2.75, 3.05) is 26.7 Å². The molecule has 6 nitrogen and oxygen atoms in total. The van der Waals surface area contributed by atoms with Crippen molar-refractivity contribution in [3.63, 3.8) is 0 Å². The van der Waals surface area contributed by atoms with Crippen LogP contribution in [0.5, 0.6) is 0 Å². The summed E-state index contributed by atoms with van der Waals surface area (Å²) in [4.78, 5) is 24.5. The molecule has 0 aliphatic carbocycles. The summed E-state index contributed by atoms with van der Waals surface area (Å²) in [5, 5.41) is 16.9. The molecule has 0 saturated heterocycles. The van der Waals surface area contributed by atoms with Gasteiger partial charge in [0, 0.05) is 20.1 Å². The first-order valence-electron chi connectivity index (χ1n) is 4.61. The number of hydrogen-bond acceptors (Lipinski definition) is 3. The van der Waals surface area contributed by atoms with Gasteiger partial charge >= 0.3 is 12.0 Å². The molecule has 0 aromatic heterocycles. The molecule has 0 aromatic carbocycles. The Bertz CT molecular complexity index is 272. The molecule has 0 atom stereocenters. The van der Waals surface area contributed by atoms with Gasteiger partial charge in [0.25, 0.3) is 0 Å². The fraction of sp³-hybridized carbons (Fsp3) is 0.667. The third kappa shape index (κ3) is 4.86. The number of amides is 2. The summed E-state index contributed by atoms with van der Waals surface area (Å²) >= 11 is 0. The average molecular weight is 213 g/mol. The molecule has 2 amide bonds. The minimum atomic E-state index is -1.05. The van der Waals surface area contributed by atoms with E-state index in [0.29, 0.717) is 13.1 Å². The highest BCUT2D eigenvalue weighted by Gasteiger charge is 2.17. The lowest BCUT2D eigenvalue weighted by Gasteiger charge is -2.25. The molecule has 0 unspecified atom stereocenters. The van der Waals surface area contributed by atoms with E-state index < -0.39 is 5.97 Å². The first kappa shape index (κ1) is 13.2. The number of carbonyl (C=O) groups excluding carboxylic acids is 1. The molecule has 0 radical (unpaired) electrons. The maximum absolute atomic E-state index is 11.6. The smallest absolute Gasteiger partial charge is 0.323 e. The second-order valence-corrected chi connectivity index (χ2v) is 3.02. The van der Waals surface area contributed by atoms with Gasteiger partial charge in [0.15, 0.2) is 0 Å². The van der Waals surface area contributed by atoms with Crippen LogP contribution in [0.15, 0.2) is 0 Å². The van der Waals surface area contributed by atoms with Gasteiger partial charge in [-0.25, -0.2) is 4.79 Å². The molecule has 0 spiro atoms. The number of nitrogens with zero attached hydrogens (tertiary/aromatic N) is 3. The van der Waals surface area contributed by atoms with Crippen LogP contribution in [-0.2, 0) is 4.79 Å². The van der Waals surface area contributed by atoms with Gasteiger partial charge in [-0.3, -0.25) is 4.79 Å². The number of nitriles is 1. The van der Waals surface area contributed by atoms with Crippen molar-refractivity contribution in [1.82, 2.24) is 9.80 Å². The van der Waals surface area contributed by atoms with E-state index in [9.17, 15) is 9.59 Å². The fourth-order valence-corrected chi connectivity index (χ4v) is 1.09. The maximum atomic E-state index is 11.6. The highest BCUT2D eigenvalue weighted by molar-refractivity contribution is 5.79. The second kappa shape index (κ2) is 6.65. The number of aliphatic carboxylic acids is 1. The number of likely N-dealkylation sites (N-methyl/N-ethyl adjacent to an activating group) is 1. The van der Waals surface area contributed by atoms with Crippen LogP contribution in [0.2, 0.25) is 0 Å². The Hall–Kier alpha value is -1.77. The Morgan fingerprint density at radius 2 is 2.07 bits per heavy atom. The molecule has 0 aliphatic rings. The average Bonchev–Trinajstić information content (AvgIpc) is 2.17. The van der Waals surface area contributed by atoms with E-state index in [1.807, 2.05) is 6.07 Å². The van der Waals surface area contributed by atoms with Crippen LogP contribution in [0.1, 0.15) is 13.3 Å². The minimum Gasteiger partial charge on any atom is -0.480 e. The van der Waals surface area contributed by atoms with Crippen molar-refractivity contribution < 1.29 is 14.7 Å². The van der Waals surface area contributed by atoms with Gasteiger partial charge in [0.2, 0.25) is 0 Å². The minimum absolute atomic E-state index is 0.250. The van der Waals surface area contributed by atoms with Gasteiger partial charge < -0.3 is 14.9 Å². The summed E-state index contributed by atoms with van der Waals surface area (Å²) in [7, 11) is 1.42. The topological polar surface area (TPSA) is 84.6 Å². The van der Waals surface area contributed by atoms with E-state index in [2.05, 4.69) is 0 Å². The highest BCUT2D eigenvalue weighted by atomic mass is 16.4. The molecule has 0 rings (SSSR count). The predicted molar refractivity (Wildman–Crippen MR) is 53.1 cm³/mol. The fourth-order valence-electron chi connectivity index (χ4n) is 1.09. The predicted octanol–water partition coefficient (Wildman–Crippen LogP) is 0.358. The standard InChI is InChI=1S/C9H15N3O3/c1-3-12(6-4-5-10)9(15)11(2)7-8(13)14/h3-4,6-7H2,1-2H3,(H,13,14). The lowest BCUT2D eigenvalue weighted by Crippen LogP contribution is -2.43. The quantitative estimate of drug-likeness (QED) is 0.714. The maximum Gasteiger partial charge on any atom is 0.323 e. The third-order valence-corrected chi connectivity index (χ3v) is 1.84. The van der Waals surface area contributed by atoms with Gasteiger partial charge in [-0.1, -0.05) is 0 Å². The van der Waals surface area contributed by atoms with E-state index in [-0.39, 0.29) is 19.0 Å². The number of hydrogen-bond donors (Lipinski definition) is 1. The molecule has 84 valence electrons. The van der Waals surface area contributed by atoms with Crippen molar-refractivity contribution in [1.29, 1.82) is 5.26 Å². The molecule has 15 heavy (non-hydrogen) atoms. The molecular formula is C9H15N3O3. The molecule has 0 fully saturated rings. The molecule has 1 N–H and O–H groups in total. The number of urea groups is 1. The largest absolute Gasteiger partial charge is 0.480 e. The van der Waals surface area contributed by atoms with E-state index >= 15 is 0 Å². The van der Waals surface area contributed by atoms with Crippen molar-refractivity contribution in [3.05, 3.63) is 0 Å². The molecule has 0 saturated carbocycles. The Morgan fingerprint density at radius 1 is 1.47 bits per heavy atom. The number of carboxylic acid groups (broad SMARTS) is 1. The van der Waals surface area contributed by atoms with Crippen LogP contribution < -0.4 is 0 Å². The zero-order valence-electron chi connectivity index (χ0n) is 8.93. The molecule has 0 aliphatic heterocycles. The van der Waals surface area contributed by atoms with Gasteiger partial charge in [-0.15, -0.1) is 0 Å². The summed E-state index contributed by atoms with van der Waals surface area (Å²) in [6, 6.07) is 1.57. The SMILES string of the molecule is CCN(CCC#N)C(=O)N(C)CC(=O)O. The zero-order chi connectivity index (χ0) is 11.8. The highest BCUT2D eigenvalue weighted by Crippen LogP contribution is 1.98. The first-order valence-corrected chi connectivity index (χ1v) is 4.61. The van der Waals surface area contributed by atoms with Gasteiger partial charge in [-0.05, 0) is 6.92 Å². The Balaban J connectivity index is 4.25. The molecular weight excluding hydrogens is 198 g/mol. The van der Waals surface area contributed by atoms with E-state index in [1.54, 1.807) is 6.92 Å². The van der Waals surface area contributed by atoms with Crippen LogP contribution in [-0.4, -0.2) is 53.6 Å². The van der Waals surface area contributed by atoms with Gasteiger partial charge in [0.05, 0.1) is 12.5 Å². The van der Waals surface area contributed by atoms with Crippen molar-refractivity contribution in [2.45, 2.75) is 13.3 Å². The lowest BCUT2D eigenvalue weighted by atomic mass is 10.4. The zero-order valence-corrected chi connectivity index (χ0v) is 8.93. The first-order chi connectivity index (χ1) is 7.02. The summed E-state index contributed by atoms with van der Waals surface area (Å²) in [6.45, 7) is 2.24. The monoisotopic (exact) mass is 213 g/mol. The summed E-state index contributed by atoms with van der Waals surface area (Å²) < 4.78 is 0. The van der Waals surface area contributed by atoms with E-state index in [4.69, 9.17) is 10.4 Å². The van der Waals surface area contributed by atoms with Crippen molar-refractivity contribution in [2.24, 2.45) is 0 Å². The van der Waals surface area contributed by atoms with Crippen molar-refractivity contribution >= 4 is 12.0 Å². The van der Waals surface area contributed by atoms with Crippen LogP contribution >= 0.6 is 0 Å². The lowest BCUT2D eigenvalue weighted by molar-refractivity contribution is -0.137. The number of carboxylic acids is 1. The van der Waals surface area contributed by atoms with E-state index in [1.165, 1.54) is 11.9 Å². The Labute approximate surface area is 88.7 Å². The molecule has 0 bridgehead atoms. The normalized spacial score (nSPS) is 9.13. The van der Waals surface area contributed by atoms with Crippen LogP contribution in [0.3, 0.4) is 0 Å². The second-order valence-electron chi connectivity index (χ2n) is 3.02. The Morgan fingerprint density at radius 3 is 2.47 bits per heavy atom. The summed E-state index contributed by atoms with van der Waals surface area (Å²) in [6.07, 6.45) is 0.250. The summed E-state index contributed by atoms with van der Waals surface area (Å²) in [5.74, 6) is -1.05. The van der Waals surface area contributed by atoms with Crippen LogP contribution in [0, 0.1) is 11.3 Å².